The van der Waals surface area contributed by atoms with Crippen molar-refractivity contribution in [3.8, 4) is 0 Å². The van der Waals surface area contributed by atoms with Crippen LogP contribution < -0.4 is 5.32 Å². The molecule has 1 N–H and O–H groups in total. The molecular weight excluding hydrogens is 332 g/mol. The van der Waals surface area contributed by atoms with Gasteiger partial charge in [0, 0.05) is 28.3 Å². The summed E-state index contributed by atoms with van der Waals surface area (Å²) in [4.78, 5) is 10.5. The van der Waals surface area contributed by atoms with Crippen molar-refractivity contribution < 1.29 is 4.92 Å². The molecule has 1 aromatic carbocycles. The molecule has 5 heteroatoms. The van der Waals surface area contributed by atoms with Gasteiger partial charge in [-0.25, -0.2) is 0 Å². The van der Waals surface area contributed by atoms with Gasteiger partial charge < -0.3 is 5.32 Å². The Labute approximate surface area is 132 Å². The van der Waals surface area contributed by atoms with Crippen molar-refractivity contribution in [1.29, 1.82) is 0 Å². The number of halogens is 1. The van der Waals surface area contributed by atoms with E-state index in [1.807, 2.05) is 6.07 Å². The lowest BCUT2D eigenvalue weighted by Gasteiger charge is -2.54. The number of hydrogen-bond acceptors (Lipinski definition) is 3. The van der Waals surface area contributed by atoms with Crippen molar-refractivity contribution in [2.45, 2.75) is 38.1 Å². The van der Waals surface area contributed by atoms with Gasteiger partial charge in [0.25, 0.3) is 5.69 Å². The number of anilines is 1. The molecule has 0 amide bonds. The molecule has 0 spiro atoms. The Hall–Kier alpha value is -1.10. The fraction of sp³-hybridized carbons (Fsp3) is 0.625. The van der Waals surface area contributed by atoms with Gasteiger partial charge >= 0.3 is 0 Å². The Morgan fingerprint density at radius 1 is 1.10 bits per heavy atom. The van der Waals surface area contributed by atoms with E-state index in [1.54, 1.807) is 12.1 Å². The van der Waals surface area contributed by atoms with Crippen molar-refractivity contribution in [2.75, 3.05) is 5.32 Å². The summed E-state index contributed by atoms with van der Waals surface area (Å²) >= 11 is 3.48. The summed E-state index contributed by atoms with van der Waals surface area (Å²) in [5.41, 5.74) is 1.13. The van der Waals surface area contributed by atoms with Crippen LogP contribution in [0.5, 0.6) is 0 Å². The maximum atomic E-state index is 10.8. The number of hydrogen-bond donors (Lipinski definition) is 1. The predicted octanol–water partition coefficient (Wildman–Crippen LogP) is 4.59. The molecule has 0 aromatic heterocycles. The van der Waals surface area contributed by atoms with Crippen LogP contribution in [-0.4, -0.2) is 11.0 Å². The van der Waals surface area contributed by atoms with E-state index in [9.17, 15) is 10.1 Å². The summed E-state index contributed by atoms with van der Waals surface area (Å²) in [6, 6.07) is 5.57. The predicted molar refractivity (Wildman–Crippen MR) is 85.3 cm³/mol. The summed E-state index contributed by atoms with van der Waals surface area (Å²) < 4.78 is 0.797. The molecular formula is C16H19BrN2O2. The fourth-order valence-corrected chi connectivity index (χ4v) is 5.56. The van der Waals surface area contributed by atoms with Gasteiger partial charge in [-0.15, -0.1) is 0 Å². The Balaban J connectivity index is 1.55. The molecule has 4 nitrogen and oxygen atoms in total. The Bertz CT molecular complexity index is 562. The zero-order chi connectivity index (χ0) is 14.6. The molecule has 0 radical (unpaired) electrons. The second-order valence-electron chi connectivity index (χ2n) is 7.02. The van der Waals surface area contributed by atoms with Crippen LogP contribution in [0.4, 0.5) is 11.4 Å². The molecule has 4 aliphatic carbocycles. The topological polar surface area (TPSA) is 55.2 Å². The number of nitro benzene ring substituents is 1. The molecule has 4 saturated carbocycles. The summed E-state index contributed by atoms with van der Waals surface area (Å²) in [5.74, 6) is 3.52. The van der Waals surface area contributed by atoms with E-state index in [0.717, 1.165) is 33.8 Å². The molecule has 21 heavy (non-hydrogen) atoms. The van der Waals surface area contributed by atoms with Crippen LogP contribution in [0.25, 0.3) is 0 Å². The van der Waals surface area contributed by atoms with Gasteiger partial charge in [-0.3, -0.25) is 10.1 Å². The smallest absolute Gasteiger partial charge is 0.270 e. The molecule has 0 unspecified atom stereocenters. The molecule has 4 bridgehead atoms. The largest absolute Gasteiger partial charge is 0.381 e. The first-order valence-corrected chi connectivity index (χ1v) is 8.60. The molecule has 4 aliphatic rings. The molecule has 1 aromatic rings. The summed E-state index contributed by atoms with van der Waals surface area (Å²) in [5, 5.41) is 14.5. The number of nitrogens with one attached hydrogen (secondary N) is 1. The highest BCUT2D eigenvalue weighted by molar-refractivity contribution is 9.10. The van der Waals surface area contributed by atoms with Crippen LogP contribution in [0, 0.1) is 33.8 Å². The van der Waals surface area contributed by atoms with Crippen LogP contribution in [0.2, 0.25) is 0 Å². The maximum absolute atomic E-state index is 10.8. The number of rotatable bonds is 3. The number of non-ortho nitro benzene ring substituents is 1. The molecule has 0 heterocycles. The fourth-order valence-electron chi connectivity index (χ4n) is 5.08. The molecule has 4 fully saturated rings. The Morgan fingerprint density at radius 3 is 2.24 bits per heavy atom. The van der Waals surface area contributed by atoms with Crippen molar-refractivity contribution in [3.63, 3.8) is 0 Å². The van der Waals surface area contributed by atoms with Crippen LogP contribution in [0.3, 0.4) is 0 Å². The van der Waals surface area contributed by atoms with Gasteiger partial charge in [0.2, 0.25) is 0 Å². The zero-order valence-electron chi connectivity index (χ0n) is 11.8. The highest BCUT2D eigenvalue weighted by Gasteiger charge is 2.48. The van der Waals surface area contributed by atoms with Gasteiger partial charge in [0.05, 0.1) is 4.92 Å². The monoisotopic (exact) mass is 350 g/mol. The van der Waals surface area contributed by atoms with Crippen LogP contribution >= 0.6 is 15.9 Å². The van der Waals surface area contributed by atoms with E-state index in [-0.39, 0.29) is 10.6 Å². The van der Waals surface area contributed by atoms with Crippen molar-refractivity contribution in [2.24, 2.45) is 23.7 Å². The minimum atomic E-state index is -0.350. The van der Waals surface area contributed by atoms with E-state index in [2.05, 4.69) is 21.2 Å². The first-order chi connectivity index (χ1) is 10.1. The third-order valence-electron chi connectivity index (χ3n) is 5.71. The minimum absolute atomic E-state index is 0.137. The van der Waals surface area contributed by atoms with Gasteiger partial charge in [-0.2, -0.15) is 0 Å². The second kappa shape index (κ2) is 4.97. The molecule has 5 rings (SSSR count). The third kappa shape index (κ3) is 2.35. The summed E-state index contributed by atoms with van der Waals surface area (Å²) in [6.07, 6.45) is 6.94. The lowest BCUT2D eigenvalue weighted by molar-refractivity contribution is -0.384. The van der Waals surface area contributed by atoms with Crippen molar-refractivity contribution >= 4 is 27.3 Å². The van der Waals surface area contributed by atoms with Crippen LogP contribution in [0.1, 0.15) is 32.1 Å². The maximum Gasteiger partial charge on any atom is 0.270 e. The average molecular weight is 351 g/mol. The van der Waals surface area contributed by atoms with Crippen molar-refractivity contribution in [3.05, 3.63) is 32.8 Å². The third-order valence-corrected chi connectivity index (χ3v) is 6.37. The lowest BCUT2D eigenvalue weighted by Crippen LogP contribution is -2.51. The minimum Gasteiger partial charge on any atom is -0.381 e. The van der Waals surface area contributed by atoms with Crippen LogP contribution in [-0.2, 0) is 0 Å². The number of nitro groups is 1. The summed E-state index contributed by atoms with van der Waals surface area (Å²) in [7, 11) is 0. The van der Waals surface area contributed by atoms with Crippen molar-refractivity contribution in [1.82, 2.24) is 0 Å². The normalized spacial score (nSPS) is 36.7. The van der Waals surface area contributed by atoms with Gasteiger partial charge in [0.15, 0.2) is 0 Å². The van der Waals surface area contributed by atoms with E-state index < -0.39 is 0 Å². The summed E-state index contributed by atoms with van der Waals surface area (Å²) in [6.45, 7) is 0. The highest BCUT2D eigenvalue weighted by atomic mass is 79.9. The quantitative estimate of drug-likeness (QED) is 0.640. The van der Waals surface area contributed by atoms with Gasteiger partial charge in [-0.05, 0) is 77.8 Å². The molecule has 0 atom stereocenters. The molecule has 112 valence electrons. The zero-order valence-corrected chi connectivity index (χ0v) is 13.4. The van der Waals surface area contributed by atoms with E-state index in [4.69, 9.17) is 0 Å². The van der Waals surface area contributed by atoms with E-state index in [1.165, 1.54) is 32.1 Å². The van der Waals surface area contributed by atoms with Crippen LogP contribution in [0.15, 0.2) is 22.7 Å². The first kappa shape index (κ1) is 13.6. The van der Waals surface area contributed by atoms with E-state index in [0.29, 0.717) is 6.04 Å². The van der Waals surface area contributed by atoms with E-state index >= 15 is 0 Å². The van der Waals surface area contributed by atoms with Gasteiger partial charge in [-0.1, -0.05) is 0 Å². The standard InChI is InChI=1S/C16H19BrN2O2/c17-14-8-13(19(20)21)1-2-15(14)18-16-11-4-9-3-10(6-11)7-12(16)5-9/h1-2,8-12,16,18H,3-7H2. The average Bonchev–Trinajstić information content (AvgIpc) is 2.43. The SMILES string of the molecule is O=[N+]([O-])c1ccc(NC2C3CC4CC(C3)CC2C4)c(Br)c1. The highest BCUT2D eigenvalue weighted by Crippen LogP contribution is 2.54. The second-order valence-corrected chi connectivity index (χ2v) is 7.88. The Morgan fingerprint density at radius 2 is 1.71 bits per heavy atom. The first-order valence-electron chi connectivity index (χ1n) is 7.80. The molecule has 0 aliphatic heterocycles. The number of benzene rings is 1. The van der Waals surface area contributed by atoms with Gasteiger partial charge in [0.1, 0.15) is 0 Å². The number of nitrogens with zero attached hydrogens (tertiary/aromatic N) is 1. The lowest BCUT2D eigenvalue weighted by atomic mass is 9.54. The molecule has 0 saturated heterocycles. The Kier molecular flexibility index (Phi) is 3.21.